The molecule has 0 radical (unpaired) electrons. The molecule has 24 heavy (non-hydrogen) atoms. The number of aromatic nitrogens is 2. The Kier molecular flexibility index (Phi) is 4.90. The molecule has 1 aromatic heterocycles. The van der Waals surface area contributed by atoms with Gasteiger partial charge in [-0.1, -0.05) is 17.7 Å². The second-order valence-corrected chi connectivity index (χ2v) is 7.97. The van der Waals surface area contributed by atoms with Gasteiger partial charge in [0.05, 0.1) is 10.9 Å². The summed E-state index contributed by atoms with van der Waals surface area (Å²) < 4.78 is 0. The lowest BCUT2D eigenvalue weighted by Crippen LogP contribution is -2.29. The van der Waals surface area contributed by atoms with E-state index in [1.54, 1.807) is 30.4 Å². The largest absolute Gasteiger partial charge is 0.311 e. The van der Waals surface area contributed by atoms with Crippen LogP contribution in [0.15, 0.2) is 30.7 Å². The number of hydrogen-bond donors (Lipinski definition) is 0. The molecular formula is C19H23N3OS. The van der Waals surface area contributed by atoms with Gasteiger partial charge in [0.1, 0.15) is 0 Å². The summed E-state index contributed by atoms with van der Waals surface area (Å²) in [4.78, 5) is 23.4. The molecule has 1 aliphatic rings. The van der Waals surface area contributed by atoms with Crippen LogP contribution < -0.4 is 4.90 Å². The van der Waals surface area contributed by atoms with Crippen LogP contribution in [-0.4, -0.2) is 27.7 Å². The number of carbonyl (C=O) groups excluding carboxylic acids is 1. The highest BCUT2D eigenvalue weighted by Crippen LogP contribution is 2.38. The van der Waals surface area contributed by atoms with Gasteiger partial charge in [-0.15, -0.1) is 11.8 Å². The first-order valence-corrected chi connectivity index (χ1v) is 9.22. The zero-order valence-electron chi connectivity index (χ0n) is 14.6. The van der Waals surface area contributed by atoms with Gasteiger partial charge in [-0.2, -0.15) is 0 Å². The number of amides is 1. The van der Waals surface area contributed by atoms with E-state index in [0.717, 1.165) is 24.3 Å². The highest BCUT2D eigenvalue weighted by Gasteiger charge is 2.35. The monoisotopic (exact) mass is 341 g/mol. The molecule has 2 atom stereocenters. The number of hydrogen-bond acceptors (Lipinski definition) is 4. The van der Waals surface area contributed by atoms with Crippen LogP contribution in [0.5, 0.6) is 0 Å². The van der Waals surface area contributed by atoms with Gasteiger partial charge in [-0.25, -0.2) is 0 Å². The second kappa shape index (κ2) is 6.93. The first kappa shape index (κ1) is 17.0. The van der Waals surface area contributed by atoms with E-state index < -0.39 is 0 Å². The van der Waals surface area contributed by atoms with E-state index in [0.29, 0.717) is 0 Å². The number of anilines is 1. The maximum Gasteiger partial charge on any atom is 0.240 e. The minimum Gasteiger partial charge on any atom is -0.311 e. The van der Waals surface area contributed by atoms with Crippen LogP contribution in [0, 0.1) is 20.8 Å². The Morgan fingerprint density at radius 3 is 2.54 bits per heavy atom. The van der Waals surface area contributed by atoms with Crippen LogP contribution in [-0.2, 0) is 4.79 Å². The third-order valence-corrected chi connectivity index (χ3v) is 5.85. The second-order valence-electron chi connectivity index (χ2n) is 6.42. The van der Waals surface area contributed by atoms with Crippen LogP contribution in [0.2, 0.25) is 0 Å². The Morgan fingerprint density at radius 1 is 1.21 bits per heavy atom. The van der Waals surface area contributed by atoms with Gasteiger partial charge in [-0.3, -0.25) is 14.8 Å². The molecule has 1 aliphatic heterocycles. The molecule has 4 nitrogen and oxygen atoms in total. The van der Waals surface area contributed by atoms with E-state index >= 15 is 0 Å². The Morgan fingerprint density at radius 2 is 1.92 bits per heavy atom. The van der Waals surface area contributed by atoms with E-state index in [-0.39, 0.29) is 16.4 Å². The van der Waals surface area contributed by atoms with Crippen molar-refractivity contribution in [1.82, 2.24) is 9.97 Å². The Bertz CT molecular complexity index is 725. The summed E-state index contributed by atoms with van der Waals surface area (Å²) >= 11 is 1.69. The molecular weight excluding hydrogens is 318 g/mol. The van der Waals surface area contributed by atoms with Crippen LogP contribution >= 0.6 is 11.8 Å². The molecule has 1 amide bonds. The molecule has 0 bridgehead atoms. The zero-order chi connectivity index (χ0) is 17.3. The first-order chi connectivity index (χ1) is 11.5. The number of rotatable bonds is 4. The summed E-state index contributed by atoms with van der Waals surface area (Å²) in [5, 5.41) is 0.148. The zero-order valence-corrected chi connectivity index (χ0v) is 15.4. The SMILES string of the molecule is Cc1cc(C)c(N2CC[C@@H](S[C@H](C)c3cnccn3)C2=O)c(C)c1. The average Bonchev–Trinajstić information content (AvgIpc) is 2.88. The van der Waals surface area contributed by atoms with Gasteiger partial charge >= 0.3 is 0 Å². The van der Waals surface area contributed by atoms with E-state index in [4.69, 9.17) is 0 Å². The average molecular weight is 341 g/mol. The van der Waals surface area contributed by atoms with E-state index in [1.165, 1.54) is 16.7 Å². The molecule has 0 spiro atoms. The standard InChI is InChI=1S/C19H23N3OS/c1-12-9-13(2)18(14(3)10-12)22-8-5-17(19(22)23)24-15(4)16-11-20-6-7-21-16/h6-7,9-11,15,17H,5,8H2,1-4H3/t15-,17-/m1/s1. The Hall–Kier alpha value is -1.88. The third-order valence-electron chi connectivity index (χ3n) is 4.43. The van der Waals surface area contributed by atoms with Crippen molar-refractivity contribution in [2.75, 3.05) is 11.4 Å². The topological polar surface area (TPSA) is 46.1 Å². The Balaban J connectivity index is 1.76. The van der Waals surface area contributed by atoms with Crippen molar-refractivity contribution in [3.05, 3.63) is 53.1 Å². The quantitative estimate of drug-likeness (QED) is 0.843. The summed E-state index contributed by atoms with van der Waals surface area (Å²) in [5.74, 6) is 0.214. The Labute approximate surface area is 147 Å². The number of thioether (sulfide) groups is 1. The van der Waals surface area contributed by atoms with Crippen molar-refractivity contribution in [2.45, 2.75) is 44.6 Å². The fraction of sp³-hybridized carbons (Fsp3) is 0.421. The summed E-state index contributed by atoms with van der Waals surface area (Å²) in [5.41, 5.74) is 5.60. The molecule has 0 saturated carbocycles. The molecule has 5 heteroatoms. The molecule has 3 rings (SSSR count). The fourth-order valence-corrected chi connectivity index (χ4v) is 4.68. The number of aryl methyl sites for hydroxylation is 3. The normalized spacial score (nSPS) is 18.9. The number of nitrogens with zero attached hydrogens (tertiary/aromatic N) is 3. The van der Waals surface area contributed by atoms with Crippen molar-refractivity contribution in [3.8, 4) is 0 Å². The lowest BCUT2D eigenvalue weighted by Gasteiger charge is -2.22. The third kappa shape index (κ3) is 3.31. The molecule has 1 fully saturated rings. The van der Waals surface area contributed by atoms with Crippen LogP contribution in [0.3, 0.4) is 0 Å². The van der Waals surface area contributed by atoms with Crippen molar-refractivity contribution in [2.24, 2.45) is 0 Å². The van der Waals surface area contributed by atoms with Crippen LogP contribution in [0.1, 0.15) is 41.0 Å². The summed E-state index contributed by atoms with van der Waals surface area (Å²) in [6.45, 7) is 9.15. The van der Waals surface area contributed by atoms with Crippen LogP contribution in [0.25, 0.3) is 0 Å². The smallest absolute Gasteiger partial charge is 0.240 e. The predicted molar refractivity (Wildman–Crippen MR) is 99.4 cm³/mol. The van der Waals surface area contributed by atoms with E-state index in [2.05, 4.69) is 49.8 Å². The van der Waals surface area contributed by atoms with Gasteiger partial charge in [0.15, 0.2) is 0 Å². The predicted octanol–water partition coefficient (Wildman–Crippen LogP) is 4.00. The highest BCUT2D eigenvalue weighted by atomic mass is 32.2. The molecule has 126 valence electrons. The van der Waals surface area contributed by atoms with Gasteiger partial charge < -0.3 is 4.90 Å². The molecule has 0 aliphatic carbocycles. The molecule has 1 aromatic carbocycles. The maximum absolute atomic E-state index is 12.9. The minimum atomic E-state index is -0.0119. The first-order valence-electron chi connectivity index (χ1n) is 8.28. The summed E-state index contributed by atoms with van der Waals surface area (Å²) in [6.07, 6.45) is 6.03. The molecule has 0 N–H and O–H groups in total. The van der Waals surface area contributed by atoms with E-state index in [9.17, 15) is 4.79 Å². The molecule has 2 aromatic rings. The summed E-state index contributed by atoms with van der Waals surface area (Å²) in [7, 11) is 0. The van der Waals surface area contributed by atoms with Gasteiger partial charge in [0.2, 0.25) is 5.91 Å². The molecule has 1 saturated heterocycles. The lowest BCUT2D eigenvalue weighted by molar-refractivity contribution is -0.116. The maximum atomic E-state index is 12.9. The summed E-state index contributed by atoms with van der Waals surface area (Å²) in [6, 6.07) is 4.30. The van der Waals surface area contributed by atoms with Crippen molar-refractivity contribution < 1.29 is 4.79 Å². The highest BCUT2D eigenvalue weighted by molar-refractivity contribution is 8.00. The lowest BCUT2D eigenvalue weighted by atomic mass is 10.0. The van der Waals surface area contributed by atoms with Gasteiger partial charge in [-0.05, 0) is 45.2 Å². The van der Waals surface area contributed by atoms with Crippen molar-refractivity contribution in [3.63, 3.8) is 0 Å². The van der Waals surface area contributed by atoms with Gasteiger partial charge in [0.25, 0.3) is 0 Å². The van der Waals surface area contributed by atoms with Crippen LogP contribution in [0.4, 0.5) is 5.69 Å². The van der Waals surface area contributed by atoms with Gasteiger partial charge in [0, 0.05) is 36.1 Å². The number of benzene rings is 1. The molecule has 0 unspecified atom stereocenters. The van der Waals surface area contributed by atoms with Crippen molar-refractivity contribution in [1.29, 1.82) is 0 Å². The van der Waals surface area contributed by atoms with E-state index in [1.807, 2.05) is 4.90 Å². The van der Waals surface area contributed by atoms with Crippen molar-refractivity contribution >= 4 is 23.4 Å². The molecule has 2 heterocycles. The minimum absolute atomic E-state index is 0.0119. The number of carbonyl (C=O) groups is 1. The fourth-order valence-electron chi connectivity index (χ4n) is 3.44.